The maximum absolute atomic E-state index is 12.1. The Hall–Kier alpha value is -1.41. The van der Waals surface area contributed by atoms with E-state index in [9.17, 15) is 4.79 Å². The number of amides is 1. The number of aromatic nitrogens is 2. The summed E-state index contributed by atoms with van der Waals surface area (Å²) in [5, 5.41) is 0. The fraction of sp³-hybridized carbons (Fsp3) is 0.545. The molecule has 0 spiro atoms. The van der Waals surface area contributed by atoms with Gasteiger partial charge in [-0.15, -0.1) is 0 Å². The molecule has 3 N–H and O–H groups in total. The molecule has 0 aliphatic carbocycles. The molecule has 1 aromatic rings. The van der Waals surface area contributed by atoms with Gasteiger partial charge in [0.1, 0.15) is 16.6 Å². The van der Waals surface area contributed by atoms with Gasteiger partial charge in [-0.05, 0) is 28.8 Å². The fourth-order valence-electron chi connectivity index (χ4n) is 2.07. The van der Waals surface area contributed by atoms with Gasteiger partial charge in [-0.2, -0.15) is 0 Å². The minimum atomic E-state index is 0.118. The Morgan fingerprint density at radius 3 is 2.84 bits per heavy atom. The molecule has 0 unspecified atom stereocenters. The van der Waals surface area contributed by atoms with Gasteiger partial charge >= 0.3 is 0 Å². The molecule has 0 aromatic carbocycles. The molecule has 1 saturated heterocycles. The number of hydrazine groups is 1. The number of anilines is 2. The lowest BCUT2D eigenvalue weighted by molar-refractivity contribution is -0.128. The first-order valence-corrected chi connectivity index (χ1v) is 6.89. The highest BCUT2D eigenvalue weighted by Gasteiger charge is 2.21. The van der Waals surface area contributed by atoms with Crippen molar-refractivity contribution in [1.82, 2.24) is 14.9 Å². The highest BCUT2D eigenvalue weighted by molar-refractivity contribution is 9.10. The van der Waals surface area contributed by atoms with Crippen molar-refractivity contribution in [1.29, 1.82) is 0 Å². The van der Waals surface area contributed by atoms with Crippen molar-refractivity contribution in [2.24, 2.45) is 5.84 Å². The third-order valence-corrected chi connectivity index (χ3v) is 3.83. The quantitative estimate of drug-likeness (QED) is 0.621. The van der Waals surface area contributed by atoms with E-state index in [1.807, 2.05) is 11.9 Å². The van der Waals surface area contributed by atoms with Gasteiger partial charge in [-0.1, -0.05) is 0 Å². The minimum Gasteiger partial charge on any atom is -0.349 e. The normalized spacial score (nSPS) is 14.6. The SMILES string of the molecule is CN(CC(=O)N1CCCC1)c1ncnc(NN)c1Br. The molecule has 1 aromatic heterocycles. The standard InChI is InChI=1S/C11H17BrN6O/c1-17(6-8(19)18-4-2-3-5-18)11-9(12)10(16-13)14-7-15-11/h7H,2-6,13H2,1H3,(H,14,15,16). The van der Waals surface area contributed by atoms with Crippen LogP contribution in [0.5, 0.6) is 0 Å². The Kier molecular flexibility index (Phi) is 4.54. The number of nitrogens with two attached hydrogens (primary N) is 1. The summed E-state index contributed by atoms with van der Waals surface area (Å²) in [6.45, 7) is 2.00. The molecule has 1 amide bonds. The van der Waals surface area contributed by atoms with Crippen LogP contribution in [0.25, 0.3) is 0 Å². The number of hydrogen-bond acceptors (Lipinski definition) is 6. The highest BCUT2D eigenvalue weighted by atomic mass is 79.9. The zero-order valence-corrected chi connectivity index (χ0v) is 12.4. The number of carbonyl (C=O) groups is 1. The molecule has 2 heterocycles. The van der Waals surface area contributed by atoms with Crippen molar-refractivity contribution in [2.75, 3.05) is 37.0 Å². The van der Waals surface area contributed by atoms with Crippen LogP contribution < -0.4 is 16.2 Å². The van der Waals surface area contributed by atoms with Crippen molar-refractivity contribution < 1.29 is 4.79 Å². The van der Waals surface area contributed by atoms with Gasteiger partial charge in [-0.25, -0.2) is 15.8 Å². The Balaban J connectivity index is 2.07. The second kappa shape index (κ2) is 6.16. The van der Waals surface area contributed by atoms with E-state index in [1.165, 1.54) is 6.33 Å². The molecule has 7 nitrogen and oxygen atoms in total. The smallest absolute Gasteiger partial charge is 0.242 e. The van der Waals surface area contributed by atoms with Gasteiger partial charge in [0.2, 0.25) is 5.91 Å². The molecular weight excluding hydrogens is 312 g/mol. The van der Waals surface area contributed by atoms with Gasteiger partial charge in [-0.3, -0.25) is 4.79 Å². The molecule has 2 rings (SSSR count). The third kappa shape index (κ3) is 3.13. The number of rotatable bonds is 4. The van der Waals surface area contributed by atoms with Crippen LogP contribution in [0.15, 0.2) is 10.8 Å². The van der Waals surface area contributed by atoms with Gasteiger partial charge < -0.3 is 15.2 Å². The summed E-state index contributed by atoms with van der Waals surface area (Å²) in [6.07, 6.45) is 3.59. The zero-order chi connectivity index (χ0) is 13.8. The van der Waals surface area contributed by atoms with Crippen LogP contribution in [0, 0.1) is 0 Å². The first-order chi connectivity index (χ1) is 9.13. The maximum Gasteiger partial charge on any atom is 0.242 e. The number of likely N-dealkylation sites (N-methyl/N-ethyl adjacent to an activating group) is 1. The number of nitrogen functional groups attached to an aromatic ring is 1. The van der Waals surface area contributed by atoms with E-state index in [0.29, 0.717) is 22.7 Å². The second-order valence-corrected chi connectivity index (χ2v) is 5.24. The van der Waals surface area contributed by atoms with Crippen LogP contribution in [-0.2, 0) is 4.79 Å². The van der Waals surface area contributed by atoms with Crippen LogP contribution in [0.4, 0.5) is 11.6 Å². The molecule has 1 aliphatic rings. The van der Waals surface area contributed by atoms with Crippen molar-refractivity contribution in [3.05, 3.63) is 10.8 Å². The number of likely N-dealkylation sites (tertiary alicyclic amines) is 1. The zero-order valence-electron chi connectivity index (χ0n) is 10.8. The Bertz CT molecular complexity index is 462. The summed E-state index contributed by atoms with van der Waals surface area (Å²) in [5.74, 6) is 6.60. The summed E-state index contributed by atoms with van der Waals surface area (Å²) in [4.78, 5) is 23.9. The molecule has 0 bridgehead atoms. The van der Waals surface area contributed by atoms with Crippen LogP contribution in [0.1, 0.15) is 12.8 Å². The molecular formula is C11H17BrN6O. The van der Waals surface area contributed by atoms with E-state index in [1.54, 1.807) is 4.90 Å². The largest absolute Gasteiger partial charge is 0.349 e. The van der Waals surface area contributed by atoms with E-state index >= 15 is 0 Å². The second-order valence-electron chi connectivity index (χ2n) is 4.45. The lowest BCUT2D eigenvalue weighted by Crippen LogP contribution is -2.37. The van der Waals surface area contributed by atoms with Gasteiger partial charge in [0.15, 0.2) is 5.82 Å². The van der Waals surface area contributed by atoms with Gasteiger partial charge in [0, 0.05) is 20.1 Å². The monoisotopic (exact) mass is 328 g/mol. The lowest BCUT2D eigenvalue weighted by atomic mass is 10.4. The first kappa shape index (κ1) is 14.0. The number of halogens is 1. The summed E-state index contributed by atoms with van der Waals surface area (Å²) < 4.78 is 0.647. The predicted octanol–water partition coefficient (Wildman–Crippen LogP) is 0.583. The third-order valence-electron chi connectivity index (χ3n) is 3.10. The average Bonchev–Trinajstić information content (AvgIpc) is 2.92. The summed E-state index contributed by atoms with van der Waals surface area (Å²) in [6, 6.07) is 0. The highest BCUT2D eigenvalue weighted by Crippen LogP contribution is 2.28. The van der Waals surface area contributed by atoms with E-state index < -0.39 is 0 Å². The predicted molar refractivity (Wildman–Crippen MR) is 76.6 cm³/mol. The van der Waals surface area contributed by atoms with Crippen LogP contribution in [-0.4, -0.2) is 47.5 Å². The molecule has 1 fully saturated rings. The molecule has 8 heteroatoms. The van der Waals surface area contributed by atoms with Gasteiger partial charge in [0.25, 0.3) is 0 Å². The maximum atomic E-state index is 12.1. The molecule has 0 saturated carbocycles. The Labute approximate surface area is 120 Å². The topological polar surface area (TPSA) is 87.4 Å². The number of hydrogen-bond donors (Lipinski definition) is 2. The average molecular weight is 329 g/mol. The molecule has 19 heavy (non-hydrogen) atoms. The summed E-state index contributed by atoms with van der Waals surface area (Å²) in [7, 11) is 1.82. The summed E-state index contributed by atoms with van der Waals surface area (Å²) >= 11 is 3.38. The van der Waals surface area contributed by atoms with Crippen LogP contribution in [0.3, 0.4) is 0 Å². The minimum absolute atomic E-state index is 0.118. The Morgan fingerprint density at radius 1 is 1.53 bits per heavy atom. The molecule has 1 aliphatic heterocycles. The molecule has 0 atom stereocenters. The van der Waals surface area contributed by atoms with E-state index in [2.05, 4.69) is 31.3 Å². The van der Waals surface area contributed by atoms with Crippen molar-refractivity contribution >= 4 is 33.5 Å². The lowest BCUT2D eigenvalue weighted by Gasteiger charge is -2.23. The van der Waals surface area contributed by atoms with Crippen LogP contribution in [0.2, 0.25) is 0 Å². The summed E-state index contributed by atoms with van der Waals surface area (Å²) in [5.41, 5.74) is 2.48. The Morgan fingerprint density at radius 2 is 2.21 bits per heavy atom. The van der Waals surface area contributed by atoms with Gasteiger partial charge in [0.05, 0.1) is 6.54 Å². The number of carbonyl (C=O) groups excluding carboxylic acids is 1. The first-order valence-electron chi connectivity index (χ1n) is 6.09. The number of nitrogens with one attached hydrogen (secondary N) is 1. The van der Waals surface area contributed by atoms with Crippen molar-refractivity contribution in [3.63, 3.8) is 0 Å². The van der Waals surface area contributed by atoms with E-state index in [4.69, 9.17) is 5.84 Å². The number of nitrogens with zero attached hydrogens (tertiary/aromatic N) is 4. The fourth-order valence-corrected chi connectivity index (χ4v) is 2.69. The van der Waals surface area contributed by atoms with E-state index in [0.717, 1.165) is 25.9 Å². The molecule has 0 radical (unpaired) electrons. The van der Waals surface area contributed by atoms with Crippen molar-refractivity contribution in [2.45, 2.75) is 12.8 Å². The van der Waals surface area contributed by atoms with Crippen LogP contribution >= 0.6 is 15.9 Å². The molecule has 104 valence electrons. The van der Waals surface area contributed by atoms with Crippen molar-refractivity contribution in [3.8, 4) is 0 Å². The van der Waals surface area contributed by atoms with E-state index in [-0.39, 0.29) is 5.91 Å².